The molecule has 3 rings (SSSR count). The summed E-state index contributed by atoms with van der Waals surface area (Å²) >= 11 is 1.58. The van der Waals surface area contributed by atoms with Gasteiger partial charge in [0, 0.05) is 25.8 Å². The molecule has 0 amide bonds. The number of hydrogen-bond acceptors (Lipinski definition) is 5. The van der Waals surface area contributed by atoms with Crippen LogP contribution in [0.5, 0.6) is 0 Å². The molecule has 2 aromatic rings. The smallest absolute Gasteiger partial charge is 0.191 e. The molecule has 0 aliphatic carbocycles. The Morgan fingerprint density at radius 2 is 2.07 bits per heavy atom. The molecule has 3 heterocycles. The fraction of sp³-hybridized carbons (Fsp3) is 0.500. The maximum Gasteiger partial charge on any atom is 0.191 e. The van der Waals surface area contributed by atoms with Gasteiger partial charge in [-0.1, -0.05) is 6.07 Å². The number of rotatable bonds is 7. The summed E-state index contributed by atoms with van der Waals surface area (Å²) in [5.41, 5.74) is 1.05. The third-order valence-corrected chi connectivity index (χ3v) is 5.43. The predicted molar refractivity (Wildman–Crippen MR) is 128 cm³/mol. The molecule has 1 unspecified atom stereocenters. The highest BCUT2D eigenvalue weighted by Gasteiger charge is 2.23. The zero-order valence-electron chi connectivity index (χ0n) is 16.5. The molecule has 1 fully saturated rings. The normalized spacial score (nSPS) is 16.4. The van der Waals surface area contributed by atoms with E-state index in [1.807, 2.05) is 36.9 Å². The molecule has 0 bridgehead atoms. The van der Waals surface area contributed by atoms with Crippen LogP contribution in [-0.2, 0) is 12.1 Å². The number of aromatic nitrogens is 1. The predicted octanol–water partition coefficient (Wildman–Crippen LogP) is 3.32. The summed E-state index contributed by atoms with van der Waals surface area (Å²) in [6.45, 7) is 7.74. The second-order valence-electron chi connectivity index (χ2n) is 7.05. The van der Waals surface area contributed by atoms with Crippen molar-refractivity contribution in [1.82, 2.24) is 15.6 Å². The third-order valence-electron chi connectivity index (χ3n) is 4.75. The van der Waals surface area contributed by atoms with E-state index in [9.17, 15) is 5.11 Å². The zero-order valence-corrected chi connectivity index (χ0v) is 19.7. The Morgan fingerprint density at radius 3 is 2.68 bits per heavy atom. The molecule has 0 aromatic carbocycles. The van der Waals surface area contributed by atoms with Crippen molar-refractivity contribution < 1.29 is 5.11 Å². The molecule has 3 N–H and O–H groups in total. The number of aliphatic hydroxyl groups is 1. The molecule has 1 atom stereocenters. The van der Waals surface area contributed by atoms with Gasteiger partial charge in [-0.2, -0.15) is 11.3 Å². The van der Waals surface area contributed by atoms with Crippen LogP contribution in [0.1, 0.15) is 37.8 Å². The lowest BCUT2D eigenvalue weighted by Crippen LogP contribution is -2.44. The summed E-state index contributed by atoms with van der Waals surface area (Å²) < 4.78 is 0. The summed E-state index contributed by atoms with van der Waals surface area (Å²) in [7, 11) is 0. The second-order valence-corrected chi connectivity index (χ2v) is 7.83. The van der Waals surface area contributed by atoms with E-state index >= 15 is 0 Å². The molecular weight excluding hydrogens is 485 g/mol. The Kier molecular flexibility index (Phi) is 8.97. The Hall–Kier alpha value is -1.39. The fourth-order valence-electron chi connectivity index (χ4n) is 3.08. The van der Waals surface area contributed by atoms with Crippen molar-refractivity contribution >= 4 is 47.1 Å². The quantitative estimate of drug-likeness (QED) is 0.300. The Bertz CT molecular complexity index is 728. The minimum absolute atomic E-state index is 0. The topological polar surface area (TPSA) is 72.8 Å². The number of nitrogens with zero attached hydrogens (tertiary/aromatic N) is 3. The van der Waals surface area contributed by atoms with Crippen molar-refractivity contribution in [2.75, 3.05) is 31.1 Å². The highest BCUT2D eigenvalue weighted by atomic mass is 127. The van der Waals surface area contributed by atoms with Crippen LogP contribution in [0.25, 0.3) is 0 Å². The van der Waals surface area contributed by atoms with Gasteiger partial charge in [-0.15, -0.1) is 24.0 Å². The summed E-state index contributed by atoms with van der Waals surface area (Å²) in [6.07, 6.45) is 4.41. The summed E-state index contributed by atoms with van der Waals surface area (Å²) in [6, 6.07) is 6.12. The van der Waals surface area contributed by atoms with Gasteiger partial charge in [0.05, 0.1) is 13.1 Å². The first-order chi connectivity index (χ1) is 13.1. The van der Waals surface area contributed by atoms with Gasteiger partial charge in [0.1, 0.15) is 11.4 Å². The van der Waals surface area contributed by atoms with Crippen molar-refractivity contribution in [1.29, 1.82) is 0 Å². The maximum atomic E-state index is 10.7. The van der Waals surface area contributed by atoms with E-state index in [-0.39, 0.29) is 24.0 Å². The van der Waals surface area contributed by atoms with Crippen LogP contribution in [-0.4, -0.2) is 42.2 Å². The average Bonchev–Trinajstić information content (AvgIpc) is 3.39. The molecule has 6 nitrogen and oxygen atoms in total. The Labute approximate surface area is 188 Å². The van der Waals surface area contributed by atoms with E-state index in [0.29, 0.717) is 19.0 Å². The van der Waals surface area contributed by atoms with Crippen molar-refractivity contribution in [3.05, 3.63) is 46.3 Å². The molecule has 1 aliphatic heterocycles. The van der Waals surface area contributed by atoms with E-state index in [1.54, 1.807) is 11.3 Å². The lowest BCUT2D eigenvalue weighted by atomic mass is 9.99. The van der Waals surface area contributed by atoms with E-state index in [2.05, 4.69) is 37.6 Å². The van der Waals surface area contributed by atoms with Crippen molar-refractivity contribution in [2.45, 2.75) is 38.8 Å². The largest absolute Gasteiger partial charge is 0.384 e. The standard InChI is InChI=1S/C20H29N5OS.HI/c1-3-21-19(24-15-20(2,26)17-8-11-27-14-17)23-13-16-6-7-18(22-12-16)25-9-4-5-10-25;/h6-8,11-12,14,26H,3-5,9-10,13,15H2,1-2H3,(H2,21,23,24);1H. The van der Waals surface area contributed by atoms with Crippen LogP contribution in [0.4, 0.5) is 5.82 Å². The molecule has 0 radical (unpaired) electrons. The first kappa shape index (κ1) is 22.9. The van der Waals surface area contributed by atoms with E-state index in [0.717, 1.165) is 36.6 Å². The lowest BCUT2D eigenvalue weighted by molar-refractivity contribution is 0.0621. The zero-order chi connectivity index (χ0) is 19.1. The Balaban J connectivity index is 0.00000280. The van der Waals surface area contributed by atoms with E-state index in [4.69, 9.17) is 0 Å². The minimum Gasteiger partial charge on any atom is -0.384 e. The van der Waals surface area contributed by atoms with Crippen LogP contribution in [0, 0.1) is 0 Å². The van der Waals surface area contributed by atoms with Gasteiger partial charge >= 0.3 is 0 Å². The molecule has 0 spiro atoms. The van der Waals surface area contributed by atoms with Crippen molar-refractivity contribution in [3.63, 3.8) is 0 Å². The van der Waals surface area contributed by atoms with Gasteiger partial charge in [-0.05, 0) is 60.7 Å². The highest BCUT2D eigenvalue weighted by molar-refractivity contribution is 14.0. The number of guanidine groups is 1. The van der Waals surface area contributed by atoms with Gasteiger partial charge in [-0.3, -0.25) is 0 Å². The van der Waals surface area contributed by atoms with Crippen molar-refractivity contribution in [3.8, 4) is 0 Å². The van der Waals surface area contributed by atoms with E-state index in [1.165, 1.54) is 12.8 Å². The highest BCUT2D eigenvalue weighted by Crippen LogP contribution is 2.22. The number of aliphatic imine (C=N–C) groups is 1. The SMILES string of the molecule is CCNC(=NCc1ccc(N2CCCC2)nc1)NCC(C)(O)c1ccsc1.I. The van der Waals surface area contributed by atoms with Gasteiger partial charge in [0.25, 0.3) is 0 Å². The first-order valence-electron chi connectivity index (χ1n) is 9.55. The number of pyridine rings is 1. The minimum atomic E-state index is -0.935. The number of halogens is 1. The van der Waals surface area contributed by atoms with Gasteiger partial charge in [0.2, 0.25) is 0 Å². The average molecular weight is 515 g/mol. The molecular formula is C20H30IN5OS. The monoisotopic (exact) mass is 515 g/mol. The van der Waals surface area contributed by atoms with Crippen LogP contribution in [0.3, 0.4) is 0 Å². The van der Waals surface area contributed by atoms with Crippen LogP contribution in [0.15, 0.2) is 40.1 Å². The first-order valence-corrected chi connectivity index (χ1v) is 10.5. The third kappa shape index (κ3) is 6.31. The molecule has 1 saturated heterocycles. The van der Waals surface area contributed by atoms with Crippen LogP contribution in [0.2, 0.25) is 0 Å². The van der Waals surface area contributed by atoms with E-state index < -0.39 is 5.60 Å². The molecule has 28 heavy (non-hydrogen) atoms. The molecule has 2 aromatic heterocycles. The van der Waals surface area contributed by atoms with Crippen molar-refractivity contribution in [2.24, 2.45) is 4.99 Å². The van der Waals surface area contributed by atoms with Gasteiger partial charge < -0.3 is 20.6 Å². The number of nitrogens with one attached hydrogen (secondary N) is 2. The maximum absolute atomic E-state index is 10.7. The fourth-order valence-corrected chi connectivity index (χ4v) is 3.87. The second kappa shape index (κ2) is 11.0. The molecule has 1 aliphatic rings. The van der Waals surface area contributed by atoms with Gasteiger partial charge in [0.15, 0.2) is 5.96 Å². The number of thiophene rings is 1. The molecule has 154 valence electrons. The summed E-state index contributed by atoms with van der Waals surface area (Å²) in [4.78, 5) is 11.5. The Morgan fingerprint density at radius 1 is 1.29 bits per heavy atom. The lowest BCUT2D eigenvalue weighted by Gasteiger charge is -2.24. The van der Waals surface area contributed by atoms with Crippen LogP contribution >= 0.6 is 35.3 Å². The molecule has 8 heteroatoms. The summed E-state index contributed by atoms with van der Waals surface area (Å²) in [5.74, 6) is 1.74. The number of hydrogen-bond donors (Lipinski definition) is 3. The molecule has 0 saturated carbocycles. The summed E-state index contributed by atoms with van der Waals surface area (Å²) in [5, 5.41) is 21.1. The number of anilines is 1. The van der Waals surface area contributed by atoms with Gasteiger partial charge in [-0.25, -0.2) is 9.98 Å². The van der Waals surface area contributed by atoms with Crippen LogP contribution < -0.4 is 15.5 Å².